The number of hydrogen-bond acceptors (Lipinski definition) is 5. The molecule has 1 amide bonds. The SMILES string of the molecule is Cn1cnc2cc(C(=O)N3CCC[C@]4(CNCC[C@@H]4O)C3)ccc2c1=O. The van der Waals surface area contributed by atoms with Crippen molar-refractivity contribution in [3.8, 4) is 0 Å². The van der Waals surface area contributed by atoms with E-state index in [-0.39, 0.29) is 23.0 Å². The van der Waals surface area contributed by atoms with Crippen molar-refractivity contribution in [3.05, 3.63) is 40.4 Å². The molecule has 138 valence electrons. The Kier molecular flexibility index (Phi) is 4.28. The van der Waals surface area contributed by atoms with Gasteiger partial charge in [0, 0.05) is 37.7 Å². The molecular weight excluding hydrogens is 332 g/mol. The highest BCUT2D eigenvalue weighted by Crippen LogP contribution is 2.36. The van der Waals surface area contributed by atoms with Crippen molar-refractivity contribution in [2.24, 2.45) is 12.5 Å². The topological polar surface area (TPSA) is 87.5 Å². The van der Waals surface area contributed by atoms with Gasteiger partial charge in [-0.3, -0.25) is 9.59 Å². The van der Waals surface area contributed by atoms with Gasteiger partial charge in [0.1, 0.15) is 0 Å². The summed E-state index contributed by atoms with van der Waals surface area (Å²) in [7, 11) is 1.66. The van der Waals surface area contributed by atoms with Crippen molar-refractivity contribution in [2.75, 3.05) is 26.2 Å². The van der Waals surface area contributed by atoms with E-state index < -0.39 is 0 Å². The zero-order valence-electron chi connectivity index (χ0n) is 14.9. The highest BCUT2D eigenvalue weighted by atomic mass is 16.3. The normalized spacial score (nSPS) is 26.4. The summed E-state index contributed by atoms with van der Waals surface area (Å²) in [6, 6.07) is 5.06. The number of nitrogens with one attached hydrogen (secondary N) is 1. The van der Waals surface area contributed by atoms with Crippen LogP contribution < -0.4 is 10.9 Å². The van der Waals surface area contributed by atoms with Crippen molar-refractivity contribution < 1.29 is 9.90 Å². The Morgan fingerprint density at radius 1 is 1.42 bits per heavy atom. The molecule has 0 bridgehead atoms. The molecule has 2 aromatic rings. The van der Waals surface area contributed by atoms with Crippen LogP contribution in [0, 0.1) is 5.41 Å². The molecule has 0 saturated carbocycles. The Bertz CT molecular complexity index is 905. The number of piperidine rings is 2. The van der Waals surface area contributed by atoms with E-state index in [4.69, 9.17) is 0 Å². The average molecular weight is 356 g/mol. The van der Waals surface area contributed by atoms with Gasteiger partial charge in [-0.1, -0.05) is 0 Å². The van der Waals surface area contributed by atoms with Crippen LogP contribution in [0.3, 0.4) is 0 Å². The maximum atomic E-state index is 13.0. The predicted molar refractivity (Wildman–Crippen MR) is 98.0 cm³/mol. The first-order valence-corrected chi connectivity index (χ1v) is 9.14. The summed E-state index contributed by atoms with van der Waals surface area (Å²) in [5, 5.41) is 14.4. The fourth-order valence-electron chi connectivity index (χ4n) is 4.28. The maximum Gasteiger partial charge on any atom is 0.260 e. The Labute approximate surface area is 151 Å². The number of aliphatic hydroxyl groups excluding tert-OH is 1. The minimum Gasteiger partial charge on any atom is -0.392 e. The number of carbonyl (C=O) groups is 1. The van der Waals surface area contributed by atoms with E-state index in [0.717, 1.165) is 32.4 Å². The third-order valence-electron chi connectivity index (χ3n) is 5.84. The standard InChI is InChI=1S/C19H24N4O3/c1-22-12-21-15-9-13(3-4-14(15)18(22)26)17(25)23-8-2-6-19(11-23)10-20-7-5-16(19)24/h3-4,9,12,16,20,24H,2,5-8,10-11H2,1H3/t16-,19-/m0/s1. The number of fused-ring (bicyclic) bond motifs is 1. The second-order valence-electron chi connectivity index (χ2n) is 7.57. The lowest BCUT2D eigenvalue weighted by atomic mass is 9.72. The number of aliphatic hydroxyl groups is 1. The molecule has 0 unspecified atom stereocenters. The number of benzene rings is 1. The Morgan fingerprint density at radius 3 is 3.08 bits per heavy atom. The molecule has 3 heterocycles. The third-order valence-corrected chi connectivity index (χ3v) is 5.84. The van der Waals surface area contributed by atoms with E-state index in [1.165, 1.54) is 10.9 Å². The van der Waals surface area contributed by atoms with Crippen molar-refractivity contribution in [1.29, 1.82) is 0 Å². The molecule has 2 aliphatic heterocycles. The van der Waals surface area contributed by atoms with Gasteiger partial charge in [-0.2, -0.15) is 0 Å². The second kappa shape index (κ2) is 6.48. The number of aromatic nitrogens is 2. The van der Waals surface area contributed by atoms with Crippen LogP contribution in [0.15, 0.2) is 29.3 Å². The van der Waals surface area contributed by atoms with Gasteiger partial charge >= 0.3 is 0 Å². The molecule has 1 aromatic heterocycles. The summed E-state index contributed by atoms with van der Waals surface area (Å²) in [4.78, 5) is 31.3. The molecule has 2 atom stereocenters. The van der Waals surface area contributed by atoms with Gasteiger partial charge in [0.2, 0.25) is 0 Å². The van der Waals surface area contributed by atoms with Gasteiger partial charge in [-0.05, 0) is 44.0 Å². The number of nitrogens with zero attached hydrogens (tertiary/aromatic N) is 3. The minimum atomic E-state index is -0.374. The minimum absolute atomic E-state index is 0.0637. The molecule has 26 heavy (non-hydrogen) atoms. The maximum absolute atomic E-state index is 13.0. The van der Waals surface area contributed by atoms with Gasteiger partial charge in [0.15, 0.2) is 0 Å². The first-order chi connectivity index (χ1) is 12.5. The van der Waals surface area contributed by atoms with Gasteiger partial charge < -0.3 is 19.9 Å². The third kappa shape index (κ3) is 2.81. The Balaban J connectivity index is 1.62. The zero-order chi connectivity index (χ0) is 18.3. The Hall–Kier alpha value is -2.25. The molecule has 0 radical (unpaired) electrons. The number of carbonyl (C=O) groups excluding carboxylic acids is 1. The fourth-order valence-corrected chi connectivity index (χ4v) is 4.28. The van der Waals surface area contributed by atoms with Crippen molar-refractivity contribution >= 4 is 16.8 Å². The molecule has 4 rings (SSSR count). The van der Waals surface area contributed by atoms with E-state index in [1.807, 2.05) is 4.90 Å². The smallest absolute Gasteiger partial charge is 0.260 e. The summed E-state index contributed by atoms with van der Waals surface area (Å²) < 4.78 is 1.43. The van der Waals surface area contributed by atoms with E-state index in [2.05, 4.69) is 10.3 Å². The quantitative estimate of drug-likeness (QED) is 0.777. The van der Waals surface area contributed by atoms with Gasteiger partial charge in [-0.25, -0.2) is 4.98 Å². The number of amides is 1. The van der Waals surface area contributed by atoms with E-state index in [9.17, 15) is 14.7 Å². The molecule has 2 saturated heterocycles. The first kappa shape index (κ1) is 17.2. The van der Waals surface area contributed by atoms with Crippen molar-refractivity contribution in [3.63, 3.8) is 0 Å². The second-order valence-corrected chi connectivity index (χ2v) is 7.57. The summed E-state index contributed by atoms with van der Waals surface area (Å²) in [5.41, 5.74) is 0.693. The average Bonchev–Trinajstić information content (AvgIpc) is 2.67. The first-order valence-electron chi connectivity index (χ1n) is 9.14. The molecule has 1 aromatic carbocycles. The lowest BCUT2D eigenvalue weighted by molar-refractivity contribution is -0.0433. The highest BCUT2D eigenvalue weighted by Gasteiger charge is 2.44. The monoisotopic (exact) mass is 356 g/mol. The molecule has 2 fully saturated rings. The van der Waals surface area contributed by atoms with Crippen molar-refractivity contribution in [1.82, 2.24) is 19.8 Å². The largest absolute Gasteiger partial charge is 0.392 e. The van der Waals surface area contributed by atoms with Crippen LogP contribution in [-0.2, 0) is 7.05 Å². The molecule has 0 aliphatic carbocycles. The number of likely N-dealkylation sites (tertiary alicyclic amines) is 1. The molecular formula is C19H24N4O3. The van der Waals surface area contributed by atoms with Crippen LogP contribution >= 0.6 is 0 Å². The highest BCUT2D eigenvalue weighted by molar-refractivity contribution is 5.97. The fraction of sp³-hybridized carbons (Fsp3) is 0.526. The van der Waals surface area contributed by atoms with E-state index in [1.54, 1.807) is 25.2 Å². The van der Waals surface area contributed by atoms with Crippen LogP contribution in [0.2, 0.25) is 0 Å². The van der Waals surface area contributed by atoms with Crippen LogP contribution in [0.4, 0.5) is 0 Å². The molecule has 2 aliphatic rings. The number of hydrogen-bond donors (Lipinski definition) is 2. The predicted octanol–water partition coefficient (Wildman–Crippen LogP) is 0.510. The molecule has 2 N–H and O–H groups in total. The van der Waals surface area contributed by atoms with Crippen LogP contribution in [-0.4, -0.2) is 57.7 Å². The van der Waals surface area contributed by atoms with Gasteiger partial charge in [0.05, 0.1) is 23.3 Å². The molecule has 7 nitrogen and oxygen atoms in total. The lowest BCUT2D eigenvalue weighted by Gasteiger charge is -2.48. The lowest BCUT2D eigenvalue weighted by Crippen LogP contribution is -2.58. The summed E-state index contributed by atoms with van der Waals surface area (Å²) >= 11 is 0. The zero-order valence-corrected chi connectivity index (χ0v) is 14.9. The van der Waals surface area contributed by atoms with E-state index >= 15 is 0 Å². The van der Waals surface area contributed by atoms with Gasteiger partial charge in [0.25, 0.3) is 11.5 Å². The van der Waals surface area contributed by atoms with Crippen LogP contribution in [0.25, 0.3) is 10.9 Å². The summed E-state index contributed by atoms with van der Waals surface area (Å²) in [6.45, 7) is 2.81. The number of rotatable bonds is 1. The van der Waals surface area contributed by atoms with Gasteiger partial charge in [-0.15, -0.1) is 0 Å². The van der Waals surface area contributed by atoms with Crippen LogP contribution in [0.5, 0.6) is 0 Å². The Morgan fingerprint density at radius 2 is 2.27 bits per heavy atom. The summed E-state index contributed by atoms with van der Waals surface area (Å²) in [5.74, 6) is -0.0637. The van der Waals surface area contributed by atoms with Crippen LogP contribution in [0.1, 0.15) is 29.6 Å². The number of aryl methyl sites for hydroxylation is 1. The molecule has 1 spiro atoms. The molecule has 7 heteroatoms. The van der Waals surface area contributed by atoms with E-state index in [0.29, 0.717) is 29.6 Å². The summed E-state index contributed by atoms with van der Waals surface area (Å²) in [6.07, 6.45) is 3.64. The van der Waals surface area contributed by atoms with Crippen molar-refractivity contribution in [2.45, 2.75) is 25.4 Å².